The molecule has 2 heterocycles. The van der Waals surface area contributed by atoms with Gasteiger partial charge in [-0.15, -0.1) is 11.8 Å². The fourth-order valence-corrected chi connectivity index (χ4v) is 4.44. The summed E-state index contributed by atoms with van der Waals surface area (Å²) in [6, 6.07) is 24.9. The second kappa shape index (κ2) is 11.5. The van der Waals surface area contributed by atoms with Crippen molar-refractivity contribution in [2.45, 2.75) is 11.4 Å². The van der Waals surface area contributed by atoms with Gasteiger partial charge in [0, 0.05) is 29.5 Å². The maximum atomic E-state index is 12.4. The number of thioether (sulfide) groups is 1. The number of aromatic nitrogens is 2. The largest absolute Gasteiger partial charge is 0.497 e. The summed E-state index contributed by atoms with van der Waals surface area (Å²) in [6.45, 7) is 0. The summed E-state index contributed by atoms with van der Waals surface area (Å²) in [6.07, 6.45) is 1.71. The lowest BCUT2D eigenvalue weighted by Gasteiger charge is -2.13. The molecule has 0 saturated carbocycles. The summed E-state index contributed by atoms with van der Waals surface area (Å²) < 4.78 is 5.27. The third-order valence-electron chi connectivity index (χ3n) is 5.13. The summed E-state index contributed by atoms with van der Waals surface area (Å²) in [5.74, 6) is 1.44. The van der Waals surface area contributed by atoms with Gasteiger partial charge in [-0.3, -0.25) is 4.79 Å². The maximum absolute atomic E-state index is 12.4. The van der Waals surface area contributed by atoms with Crippen molar-refractivity contribution in [3.8, 4) is 34.2 Å². The van der Waals surface area contributed by atoms with Crippen LogP contribution in [0.1, 0.15) is 12.0 Å². The zero-order valence-electron chi connectivity index (χ0n) is 18.9. The van der Waals surface area contributed by atoms with E-state index >= 15 is 0 Å². The normalized spacial score (nSPS) is 10.4. The molecule has 0 radical (unpaired) electrons. The molecule has 4 aromatic rings. The van der Waals surface area contributed by atoms with Crippen molar-refractivity contribution < 1.29 is 9.53 Å². The van der Waals surface area contributed by atoms with Gasteiger partial charge in [-0.25, -0.2) is 9.97 Å². The van der Waals surface area contributed by atoms with Gasteiger partial charge in [0.1, 0.15) is 22.7 Å². The number of hydrogen-bond donors (Lipinski definition) is 1. The van der Waals surface area contributed by atoms with Gasteiger partial charge in [0.2, 0.25) is 5.91 Å². The Bertz CT molecular complexity index is 1360. The standard InChI is InChI=1S/C27H21ClN4O2S/c1-34-21-10-7-18(8-11-21)22-15-24(19-5-3-2-4-6-19)31-27(23(22)16-29)35-14-13-26(33)32-25-12-9-20(28)17-30-25/h2-12,15,17H,13-14H2,1H3,(H,30,32,33). The van der Waals surface area contributed by atoms with Gasteiger partial charge in [-0.2, -0.15) is 5.26 Å². The van der Waals surface area contributed by atoms with Crippen LogP contribution < -0.4 is 10.1 Å². The molecule has 0 saturated heterocycles. The molecule has 0 atom stereocenters. The monoisotopic (exact) mass is 500 g/mol. The van der Waals surface area contributed by atoms with E-state index < -0.39 is 0 Å². The molecule has 4 rings (SSSR count). The smallest absolute Gasteiger partial charge is 0.226 e. The Morgan fingerprint density at radius 1 is 1.09 bits per heavy atom. The summed E-state index contributed by atoms with van der Waals surface area (Å²) in [5.41, 5.74) is 3.84. The number of nitrogens with zero attached hydrogens (tertiary/aromatic N) is 3. The van der Waals surface area contributed by atoms with Crippen molar-refractivity contribution in [1.29, 1.82) is 5.26 Å². The second-order valence-electron chi connectivity index (χ2n) is 7.45. The van der Waals surface area contributed by atoms with E-state index in [1.54, 1.807) is 19.2 Å². The number of halogens is 1. The van der Waals surface area contributed by atoms with Crippen molar-refractivity contribution in [3.63, 3.8) is 0 Å². The Balaban J connectivity index is 1.60. The van der Waals surface area contributed by atoms with Crippen LogP contribution in [-0.2, 0) is 4.79 Å². The lowest BCUT2D eigenvalue weighted by Crippen LogP contribution is -2.13. The minimum atomic E-state index is -0.180. The van der Waals surface area contributed by atoms with Crippen molar-refractivity contribution in [1.82, 2.24) is 9.97 Å². The molecule has 174 valence electrons. The summed E-state index contributed by atoms with van der Waals surface area (Å²) in [7, 11) is 1.61. The maximum Gasteiger partial charge on any atom is 0.226 e. The highest BCUT2D eigenvalue weighted by molar-refractivity contribution is 7.99. The van der Waals surface area contributed by atoms with Crippen molar-refractivity contribution in [2.75, 3.05) is 18.2 Å². The average Bonchev–Trinajstić information content (AvgIpc) is 2.90. The molecule has 0 fully saturated rings. The third kappa shape index (κ3) is 6.18. The molecular weight excluding hydrogens is 480 g/mol. The highest BCUT2D eigenvalue weighted by atomic mass is 35.5. The quantitative estimate of drug-likeness (QED) is 0.279. The minimum Gasteiger partial charge on any atom is -0.497 e. The van der Waals surface area contributed by atoms with Crippen LogP contribution in [0.2, 0.25) is 5.02 Å². The first-order valence-corrected chi connectivity index (χ1v) is 12.1. The van der Waals surface area contributed by atoms with Crippen LogP contribution in [0.5, 0.6) is 5.75 Å². The zero-order valence-corrected chi connectivity index (χ0v) is 20.4. The number of amides is 1. The Morgan fingerprint density at radius 3 is 2.51 bits per heavy atom. The number of anilines is 1. The first-order chi connectivity index (χ1) is 17.1. The summed E-state index contributed by atoms with van der Waals surface area (Å²) in [4.78, 5) is 21.2. The van der Waals surface area contributed by atoms with Crippen molar-refractivity contribution in [2.24, 2.45) is 0 Å². The number of nitriles is 1. The van der Waals surface area contributed by atoms with Gasteiger partial charge in [-0.05, 0) is 35.9 Å². The Kier molecular flexibility index (Phi) is 7.99. The van der Waals surface area contributed by atoms with Gasteiger partial charge in [0.15, 0.2) is 0 Å². The van der Waals surface area contributed by atoms with E-state index in [9.17, 15) is 10.1 Å². The molecule has 0 aliphatic carbocycles. The van der Waals surface area contributed by atoms with Crippen LogP contribution >= 0.6 is 23.4 Å². The molecule has 0 bridgehead atoms. The summed E-state index contributed by atoms with van der Waals surface area (Å²) >= 11 is 7.22. The third-order valence-corrected chi connectivity index (χ3v) is 6.33. The van der Waals surface area contributed by atoms with E-state index in [4.69, 9.17) is 21.3 Å². The first-order valence-electron chi connectivity index (χ1n) is 10.8. The van der Waals surface area contributed by atoms with Gasteiger partial charge >= 0.3 is 0 Å². The number of carbonyl (C=O) groups is 1. The van der Waals surface area contributed by atoms with Gasteiger partial charge in [0.05, 0.1) is 23.4 Å². The van der Waals surface area contributed by atoms with Gasteiger partial charge < -0.3 is 10.1 Å². The lowest BCUT2D eigenvalue weighted by atomic mass is 9.99. The van der Waals surface area contributed by atoms with Crippen LogP contribution in [-0.4, -0.2) is 28.7 Å². The Morgan fingerprint density at radius 2 is 1.86 bits per heavy atom. The molecule has 2 aromatic carbocycles. The van der Waals surface area contributed by atoms with Crippen LogP contribution in [0.4, 0.5) is 5.82 Å². The number of pyridine rings is 2. The fourth-order valence-electron chi connectivity index (χ4n) is 3.38. The van der Waals surface area contributed by atoms with Crippen LogP contribution in [0.15, 0.2) is 84.0 Å². The van der Waals surface area contributed by atoms with E-state index in [0.717, 1.165) is 28.1 Å². The van der Waals surface area contributed by atoms with Crippen molar-refractivity contribution in [3.05, 3.63) is 89.6 Å². The van der Waals surface area contributed by atoms with Gasteiger partial charge in [-0.1, -0.05) is 54.1 Å². The van der Waals surface area contributed by atoms with Crippen LogP contribution in [0.3, 0.4) is 0 Å². The highest BCUT2D eigenvalue weighted by Crippen LogP contribution is 2.35. The molecule has 0 unspecified atom stereocenters. The SMILES string of the molecule is COc1ccc(-c2cc(-c3ccccc3)nc(SCCC(=O)Nc3ccc(Cl)cn3)c2C#N)cc1. The number of carbonyl (C=O) groups excluding carboxylic acids is 1. The number of hydrogen-bond acceptors (Lipinski definition) is 6. The van der Waals surface area contributed by atoms with E-state index in [-0.39, 0.29) is 12.3 Å². The van der Waals surface area contributed by atoms with Crippen LogP contribution in [0, 0.1) is 11.3 Å². The number of ether oxygens (including phenoxy) is 1. The highest BCUT2D eigenvalue weighted by Gasteiger charge is 2.16. The Labute approximate surface area is 213 Å². The molecule has 1 N–H and O–H groups in total. The van der Waals surface area contributed by atoms with E-state index in [1.807, 2.05) is 60.7 Å². The minimum absolute atomic E-state index is 0.180. The Hall–Kier alpha value is -3.86. The average molecular weight is 501 g/mol. The molecule has 1 amide bonds. The van der Waals surface area contributed by atoms with E-state index in [0.29, 0.717) is 27.2 Å². The topological polar surface area (TPSA) is 87.9 Å². The molecule has 8 heteroatoms. The predicted molar refractivity (Wildman–Crippen MR) is 140 cm³/mol. The molecule has 35 heavy (non-hydrogen) atoms. The number of nitrogens with one attached hydrogen (secondary N) is 1. The van der Waals surface area contributed by atoms with E-state index in [1.165, 1.54) is 18.0 Å². The van der Waals surface area contributed by atoms with Gasteiger partial charge in [0.25, 0.3) is 0 Å². The fraction of sp³-hybridized carbons (Fsp3) is 0.111. The molecule has 0 aliphatic rings. The molecule has 2 aromatic heterocycles. The molecule has 0 spiro atoms. The predicted octanol–water partition coefficient (Wildman–Crippen LogP) is 6.47. The molecular formula is C27H21ClN4O2S. The second-order valence-corrected chi connectivity index (χ2v) is 8.97. The van der Waals surface area contributed by atoms with E-state index in [2.05, 4.69) is 16.4 Å². The zero-order chi connectivity index (χ0) is 24.6. The lowest BCUT2D eigenvalue weighted by molar-refractivity contribution is -0.115. The number of rotatable bonds is 8. The number of benzene rings is 2. The molecule has 0 aliphatic heterocycles. The molecule has 6 nitrogen and oxygen atoms in total. The number of methoxy groups -OCH3 is 1. The van der Waals surface area contributed by atoms with Crippen molar-refractivity contribution >= 4 is 35.1 Å². The van der Waals surface area contributed by atoms with Crippen LogP contribution in [0.25, 0.3) is 22.4 Å². The summed E-state index contributed by atoms with van der Waals surface area (Å²) in [5, 5.41) is 13.9. The first kappa shape index (κ1) is 24.3.